The van der Waals surface area contributed by atoms with Gasteiger partial charge in [0, 0.05) is 6.20 Å². The lowest BCUT2D eigenvalue weighted by atomic mass is 10.3. The molecule has 0 saturated heterocycles. The summed E-state index contributed by atoms with van der Waals surface area (Å²) < 4.78 is 25.5. The number of anilines is 1. The van der Waals surface area contributed by atoms with Crippen LogP contribution in [0.2, 0.25) is 10.0 Å². The van der Waals surface area contributed by atoms with Crippen LogP contribution >= 0.6 is 23.2 Å². The molecular weight excluding hydrogens is 299 g/mol. The maximum absolute atomic E-state index is 12.6. The van der Waals surface area contributed by atoms with E-state index in [0.717, 1.165) is 6.20 Å². The smallest absolute Gasteiger partial charge is 0.318 e. The summed E-state index contributed by atoms with van der Waals surface area (Å²) in [4.78, 5) is 11.9. The average Bonchev–Trinajstić information content (AvgIpc) is 2.83. The van der Waals surface area contributed by atoms with Crippen LogP contribution in [-0.4, -0.2) is 15.7 Å². The predicted molar refractivity (Wildman–Crippen MR) is 67.9 cm³/mol. The number of alkyl halides is 2. The summed E-state index contributed by atoms with van der Waals surface area (Å²) in [5.74, 6) is -0.771. The Labute approximate surface area is 116 Å². The van der Waals surface area contributed by atoms with Crippen LogP contribution in [-0.2, 0) is 0 Å². The molecule has 0 saturated carbocycles. The molecule has 1 aromatic heterocycles. The van der Waals surface area contributed by atoms with Crippen LogP contribution in [0.1, 0.15) is 17.0 Å². The molecule has 1 amide bonds. The van der Waals surface area contributed by atoms with Crippen LogP contribution in [0.5, 0.6) is 0 Å². The van der Waals surface area contributed by atoms with Crippen molar-refractivity contribution in [2.24, 2.45) is 0 Å². The summed E-state index contributed by atoms with van der Waals surface area (Å²) in [7, 11) is 0. The van der Waals surface area contributed by atoms with E-state index in [9.17, 15) is 13.6 Å². The molecule has 0 spiro atoms. The number of nitrogens with one attached hydrogen (secondary N) is 1. The zero-order chi connectivity index (χ0) is 14.0. The van der Waals surface area contributed by atoms with Crippen LogP contribution in [0.3, 0.4) is 0 Å². The zero-order valence-electron chi connectivity index (χ0n) is 9.28. The van der Waals surface area contributed by atoms with E-state index in [1.54, 1.807) is 6.07 Å². The third-order valence-electron chi connectivity index (χ3n) is 2.29. The fourth-order valence-corrected chi connectivity index (χ4v) is 1.94. The molecule has 2 aromatic rings. The van der Waals surface area contributed by atoms with Crippen LogP contribution in [0.15, 0.2) is 30.5 Å². The molecule has 0 radical (unpaired) electrons. The number of nitrogens with zero attached hydrogens (tertiary/aromatic N) is 2. The van der Waals surface area contributed by atoms with E-state index in [1.165, 1.54) is 18.2 Å². The summed E-state index contributed by atoms with van der Waals surface area (Å²) in [6.07, 6.45) is 1.11. The van der Waals surface area contributed by atoms with Gasteiger partial charge in [0.25, 0.3) is 5.91 Å². The van der Waals surface area contributed by atoms with Gasteiger partial charge in [-0.25, -0.2) is 0 Å². The number of amides is 1. The topological polar surface area (TPSA) is 46.9 Å². The van der Waals surface area contributed by atoms with Crippen LogP contribution in [0.4, 0.5) is 14.5 Å². The van der Waals surface area contributed by atoms with Gasteiger partial charge in [0.15, 0.2) is 0 Å². The first-order chi connectivity index (χ1) is 9.00. The molecule has 1 heterocycles. The van der Waals surface area contributed by atoms with Crippen molar-refractivity contribution in [3.05, 3.63) is 46.2 Å². The van der Waals surface area contributed by atoms with Crippen molar-refractivity contribution in [2.45, 2.75) is 6.55 Å². The minimum Gasteiger partial charge on any atom is -0.318 e. The minimum absolute atomic E-state index is 0.165. The van der Waals surface area contributed by atoms with Gasteiger partial charge in [0.05, 0.1) is 15.7 Å². The predicted octanol–water partition coefficient (Wildman–Crippen LogP) is 3.84. The Morgan fingerprint density at radius 1 is 1.26 bits per heavy atom. The van der Waals surface area contributed by atoms with Gasteiger partial charge >= 0.3 is 6.55 Å². The van der Waals surface area contributed by atoms with Crippen LogP contribution in [0, 0.1) is 0 Å². The first-order valence-corrected chi connectivity index (χ1v) is 5.83. The summed E-state index contributed by atoms with van der Waals surface area (Å²) in [5, 5.41) is 6.17. The highest BCUT2D eigenvalue weighted by Crippen LogP contribution is 2.30. The third kappa shape index (κ3) is 2.85. The first-order valence-electron chi connectivity index (χ1n) is 5.07. The second-order valence-corrected chi connectivity index (χ2v) is 4.30. The Morgan fingerprint density at radius 3 is 2.47 bits per heavy atom. The number of halogens is 4. The second-order valence-electron chi connectivity index (χ2n) is 3.49. The first kappa shape index (κ1) is 13.8. The van der Waals surface area contributed by atoms with E-state index >= 15 is 0 Å². The fourth-order valence-electron chi connectivity index (χ4n) is 1.44. The largest absolute Gasteiger partial charge is 0.333 e. The molecule has 1 N–H and O–H groups in total. The van der Waals surface area contributed by atoms with Gasteiger partial charge in [-0.05, 0) is 18.2 Å². The van der Waals surface area contributed by atoms with E-state index in [4.69, 9.17) is 23.2 Å². The third-order valence-corrected chi connectivity index (χ3v) is 2.92. The van der Waals surface area contributed by atoms with Gasteiger partial charge in [0.1, 0.15) is 5.69 Å². The summed E-state index contributed by atoms with van der Waals surface area (Å²) in [6, 6.07) is 5.82. The number of hydrogen-bond donors (Lipinski definition) is 1. The maximum atomic E-state index is 12.6. The standard InChI is InChI=1S/C11H7Cl2F2N3O/c12-6-2-1-3-7(13)9(6)17-10(19)8-4-5-16-18(8)11(14)15/h1-5,11H,(H,17,19). The molecular formula is C11H7Cl2F2N3O. The molecule has 0 atom stereocenters. The second kappa shape index (κ2) is 5.54. The maximum Gasteiger partial charge on any atom is 0.333 e. The van der Waals surface area contributed by atoms with Gasteiger partial charge in [-0.2, -0.15) is 18.6 Å². The SMILES string of the molecule is O=C(Nc1c(Cl)cccc1Cl)c1ccnn1C(F)F. The number of aromatic nitrogens is 2. The number of hydrogen-bond acceptors (Lipinski definition) is 2. The average molecular weight is 306 g/mol. The molecule has 0 aliphatic heterocycles. The van der Waals surface area contributed by atoms with Gasteiger partial charge in [-0.1, -0.05) is 29.3 Å². The molecule has 0 unspecified atom stereocenters. The van der Waals surface area contributed by atoms with Crippen molar-refractivity contribution in [3.8, 4) is 0 Å². The minimum atomic E-state index is -2.91. The van der Waals surface area contributed by atoms with Crippen LogP contribution in [0.25, 0.3) is 0 Å². The monoisotopic (exact) mass is 305 g/mol. The van der Waals surface area contributed by atoms with Crippen molar-refractivity contribution in [1.82, 2.24) is 9.78 Å². The Balaban J connectivity index is 2.29. The normalized spacial score (nSPS) is 10.8. The molecule has 1 aromatic carbocycles. The van der Waals surface area contributed by atoms with E-state index in [0.29, 0.717) is 4.68 Å². The number of para-hydroxylation sites is 1. The van der Waals surface area contributed by atoms with E-state index < -0.39 is 12.5 Å². The number of rotatable bonds is 3. The van der Waals surface area contributed by atoms with Gasteiger partial charge < -0.3 is 5.32 Å². The van der Waals surface area contributed by atoms with Crippen molar-refractivity contribution >= 4 is 34.8 Å². The molecule has 0 fully saturated rings. The lowest BCUT2D eigenvalue weighted by Gasteiger charge is -2.10. The van der Waals surface area contributed by atoms with Gasteiger partial charge in [0.2, 0.25) is 0 Å². The lowest BCUT2D eigenvalue weighted by molar-refractivity contribution is 0.0520. The molecule has 2 rings (SSSR count). The molecule has 0 aliphatic rings. The Morgan fingerprint density at radius 2 is 1.89 bits per heavy atom. The van der Waals surface area contributed by atoms with Crippen LogP contribution < -0.4 is 5.32 Å². The zero-order valence-corrected chi connectivity index (χ0v) is 10.8. The molecule has 4 nitrogen and oxygen atoms in total. The molecule has 19 heavy (non-hydrogen) atoms. The summed E-state index contributed by atoms with van der Waals surface area (Å²) >= 11 is 11.7. The summed E-state index contributed by atoms with van der Waals surface area (Å²) in [6.45, 7) is -2.91. The Kier molecular flexibility index (Phi) is 4.01. The van der Waals surface area contributed by atoms with Crippen molar-refractivity contribution in [3.63, 3.8) is 0 Å². The quantitative estimate of drug-likeness (QED) is 0.936. The van der Waals surface area contributed by atoms with Gasteiger partial charge in [-0.15, -0.1) is 0 Å². The number of carbonyl (C=O) groups excluding carboxylic acids is 1. The molecule has 100 valence electrons. The van der Waals surface area contributed by atoms with Gasteiger partial charge in [-0.3, -0.25) is 4.79 Å². The molecule has 8 heteroatoms. The Hall–Kier alpha value is -1.66. The van der Waals surface area contributed by atoms with Crippen molar-refractivity contribution in [1.29, 1.82) is 0 Å². The number of carbonyl (C=O) groups is 1. The number of benzene rings is 1. The van der Waals surface area contributed by atoms with Crippen molar-refractivity contribution < 1.29 is 13.6 Å². The highest BCUT2D eigenvalue weighted by Gasteiger charge is 2.19. The van der Waals surface area contributed by atoms with Crippen molar-refractivity contribution in [2.75, 3.05) is 5.32 Å². The fraction of sp³-hybridized carbons (Fsp3) is 0.0909. The Bertz CT molecular complexity index is 595. The highest BCUT2D eigenvalue weighted by atomic mass is 35.5. The lowest BCUT2D eigenvalue weighted by Crippen LogP contribution is -2.18. The highest BCUT2D eigenvalue weighted by molar-refractivity contribution is 6.39. The van der Waals surface area contributed by atoms with E-state index in [1.807, 2.05) is 0 Å². The van der Waals surface area contributed by atoms with E-state index in [-0.39, 0.29) is 21.4 Å². The molecule has 0 bridgehead atoms. The van der Waals surface area contributed by atoms with E-state index in [2.05, 4.69) is 10.4 Å². The molecule has 0 aliphatic carbocycles. The summed E-state index contributed by atoms with van der Waals surface area (Å²) in [5.41, 5.74) is -0.121.